The van der Waals surface area contributed by atoms with Crippen molar-refractivity contribution in [2.24, 2.45) is 7.05 Å². The van der Waals surface area contributed by atoms with Gasteiger partial charge in [-0.2, -0.15) is 5.10 Å². The number of benzene rings is 1. The second kappa shape index (κ2) is 9.17. The Kier molecular flexibility index (Phi) is 5.91. The predicted molar refractivity (Wildman–Crippen MR) is 123 cm³/mol. The van der Waals surface area contributed by atoms with Gasteiger partial charge in [0.25, 0.3) is 5.91 Å². The van der Waals surface area contributed by atoms with Crippen LogP contribution in [-0.4, -0.2) is 44.4 Å². The highest BCUT2D eigenvalue weighted by Crippen LogP contribution is 2.33. The number of nitrogens with zero attached hydrogens (tertiary/aromatic N) is 5. The topological polar surface area (TPSA) is 99.4 Å². The molecule has 0 bridgehead atoms. The summed E-state index contributed by atoms with van der Waals surface area (Å²) >= 11 is 0. The van der Waals surface area contributed by atoms with Gasteiger partial charge < -0.3 is 18.6 Å². The molecule has 1 fully saturated rings. The van der Waals surface area contributed by atoms with Crippen molar-refractivity contribution in [3.8, 4) is 17.0 Å². The molecule has 176 valence electrons. The second-order valence-electron chi connectivity index (χ2n) is 8.58. The lowest BCUT2D eigenvalue weighted by molar-refractivity contribution is 0.0528. The first-order valence-corrected chi connectivity index (χ1v) is 11.4. The summed E-state index contributed by atoms with van der Waals surface area (Å²) in [6.07, 6.45) is 6.90. The maximum atomic E-state index is 13.4. The number of carbonyl (C=O) groups is 1. The summed E-state index contributed by atoms with van der Waals surface area (Å²) in [4.78, 5) is 19.7. The minimum Gasteiger partial charge on any atom is -0.497 e. The molecular weight excluding hydrogens is 434 g/mol. The first-order chi connectivity index (χ1) is 16.5. The highest BCUT2D eigenvalue weighted by molar-refractivity contribution is 5.92. The van der Waals surface area contributed by atoms with Crippen molar-refractivity contribution < 1.29 is 18.5 Å². The van der Waals surface area contributed by atoms with E-state index in [4.69, 9.17) is 13.7 Å². The van der Waals surface area contributed by atoms with Crippen molar-refractivity contribution >= 4 is 5.91 Å². The monoisotopic (exact) mass is 461 g/mol. The van der Waals surface area contributed by atoms with E-state index in [9.17, 15) is 4.79 Å². The Morgan fingerprint density at radius 1 is 1.26 bits per heavy atom. The lowest BCUT2D eigenvalue weighted by atomic mass is 10.0. The largest absolute Gasteiger partial charge is 0.497 e. The Morgan fingerprint density at radius 3 is 2.94 bits per heavy atom. The molecule has 5 rings (SSSR count). The molecule has 34 heavy (non-hydrogen) atoms. The zero-order chi connectivity index (χ0) is 23.7. The van der Waals surface area contributed by atoms with E-state index in [1.165, 1.54) is 0 Å². The van der Waals surface area contributed by atoms with Crippen LogP contribution in [0.5, 0.6) is 5.75 Å². The maximum Gasteiger partial charge on any atom is 0.293 e. The summed E-state index contributed by atoms with van der Waals surface area (Å²) in [6.45, 7) is 2.51. The molecule has 1 aliphatic heterocycles. The summed E-state index contributed by atoms with van der Waals surface area (Å²) < 4.78 is 18.6. The maximum absolute atomic E-state index is 13.4. The number of likely N-dealkylation sites (tertiary alicyclic amines) is 1. The highest BCUT2D eigenvalue weighted by Gasteiger charge is 2.34. The van der Waals surface area contributed by atoms with E-state index < -0.39 is 0 Å². The van der Waals surface area contributed by atoms with Crippen molar-refractivity contribution in [1.29, 1.82) is 0 Å². The third kappa shape index (κ3) is 4.33. The lowest BCUT2D eigenvalue weighted by Crippen LogP contribution is -2.38. The van der Waals surface area contributed by atoms with E-state index in [-0.39, 0.29) is 17.7 Å². The third-order valence-electron chi connectivity index (χ3n) is 6.14. The molecular formula is C25H27N5O4. The predicted octanol–water partition coefficient (Wildman–Crippen LogP) is 4.34. The van der Waals surface area contributed by atoms with Crippen molar-refractivity contribution in [3.05, 3.63) is 71.4 Å². The Morgan fingerprint density at radius 2 is 2.15 bits per heavy atom. The fourth-order valence-electron chi connectivity index (χ4n) is 4.47. The first kappa shape index (κ1) is 21.9. The number of piperidine rings is 1. The van der Waals surface area contributed by atoms with Crippen LogP contribution in [0.1, 0.15) is 58.8 Å². The van der Waals surface area contributed by atoms with Gasteiger partial charge in [0.05, 0.1) is 19.0 Å². The van der Waals surface area contributed by atoms with Crippen LogP contribution in [0.2, 0.25) is 0 Å². The van der Waals surface area contributed by atoms with Gasteiger partial charge in [-0.3, -0.25) is 9.48 Å². The van der Waals surface area contributed by atoms with Gasteiger partial charge in [0.2, 0.25) is 11.7 Å². The number of hydrogen-bond acceptors (Lipinski definition) is 7. The molecule has 4 heterocycles. The van der Waals surface area contributed by atoms with Crippen LogP contribution >= 0.6 is 0 Å². The molecule has 4 aromatic rings. The molecule has 0 aliphatic carbocycles. The van der Waals surface area contributed by atoms with E-state index in [1.807, 2.05) is 44.4 Å². The number of rotatable bonds is 6. The Hall–Kier alpha value is -3.88. The van der Waals surface area contributed by atoms with Gasteiger partial charge in [0.15, 0.2) is 0 Å². The number of ether oxygens (including phenoxy) is 1. The van der Waals surface area contributed by atoms with Gasteiger partial charge in [-0.25, -0.2) is 4.98 Å². The lowest BCUT2D eigenvalue weighted by Gasteiger charge is -2.32. The van der Waals surface area contributed by atoms with Crippen LogP contribution in [0.15, 0.2) is 51.7 Å². The molecule has 0 spiro atoms. The average Bonchev–Trinajstić information content (AvgIpc) is 3.59. The number of methoxy groups -OCH3 is 1. The molecule has 1 aliphatic rings. The van der Waals surface area contributed by atoms with E-state index in [0.29, 0.717) is 24.6 Å². The van der Waals surface area contributed by atoms with Crippen LogP contribution in [0, 0.1) is 6.92 Å². The Balaban J connectivity index is 1.35. The first-order valence-electron chi connectivity index (χ1n) is 11.4. The normalized spacial score (nSPS) is 16.1. The molecule has 3 aromatic heterocycles. The van der Waals surface area contributed by atoms with Crippen LogP contribution < -0.4 is 4.74 Å². The number of aromatic nitrogens is 4. The highest BCUT2D eigenvalue weighted by atomic mass is 16.5. The Bertz CT molecular complexity index is 1300. The molecule has 0 unspecified atom stereocenters. The summed E-state index contributed by atoms with van der Waals surface area (Å²) in [5.41, 5.74) is 3.34. The number of hydrogen-bond donors (Lipinski definition) is 0. The summed E-state index contributed by atoms with van der Waals surface area (Å²) in [6, 6.07) is 9.30. The van der Waals surface area contributed by atoms with Gasteiger partial charge in [0.1, 0.15) is 23.2 Å². The fourth-order valence-corrected chi connectivity index (χ4v) is 4.47. The SMILES string of the molecule is COc1cccc(Cc2cnc([C@@H]3CCCCN3C(=O)c3cc(-c4cn(C)nc4C)no3)o2)c1. The summed E-state index contributed by atoms with van der Waals surface area (Å²) in [5.74, 6) is 2.09. The average molecular weight is 462 g/mol. The molecule has 9 heteroatoms. The van der Waals surface area contributed by atoms with Gasteiger partial charge in [0, 0.05) is 37.8 Å². The third-order valence-corrected chi connectivity index (χ3v) is 6.14. The van der Waals surface area contributed by atoms with Gasteiger partial charge in [-0.15, -0.1) is 0 Å². The molecule has 0 saturated carbocycles. The Labute approximate surface area is 197 Å². The summed E-state index contributed by atoms with van der Waals surface area (Å²) in [7, 11) is 3.50. The van der Waals surface area contributed by atoms with Crippen molar-refractivity contribution in [2.75, 3.05) is 13.7 Å². The number of aryl methyl sites for hydroxylation is 2. The molecule has 9 nitrogen and oxygen atoms in total. The molecule has 1 saturated heterocycles. The molecule has 0 radical (unpaired) electrons. The number of oxazole rings is 1. The van der Waals surface area contributed by atoms with E-state index in [2.05, 4.69) is 15.2 Å². The number of carbonyl (C=O) groups excluding carboxylic acids is 1. The van der Waals surface area contributed by atoms with Crippen molar-refractivity contribution in [3.63, 3.8) is 0 Å². The fraction of sp³-hybridized carbons (Fsp3) is 0.360. The van der Waals surface area contributed by atoms with Crippen LogP contribution in [0.4, 0.5) is 0 Å². The standard InChI is InChI=1S/C25H27N5O4/c1-16-20(15-29(2)27-16)21-13-23(34-28-21)25(31)30-10-5-4-9-22(30)24-26-14-19(33-24)12-17-7-6-8-18(11-17)32-3/h6-8,11,13-15,22H,4-5,9-10,12H2,1-3H3/t22-/m0/s1. The van der Waals surface area contributed by atoms with E-state index >= 15 is 0 Å². The van der Waals surface area contributed by atoms with Crippen LogP contribution in [0.3, 0.4) is 0 Å². The van der Waals surface area contributed by atoms with Gasteiger partial charge >= 0.3 is 0 Å². The minimum absolute atomic E-state index is 0.202. The quantitative estimate of drug-likeness (QED) is 0.421. The zero-order valence-electron chi connectivity index (χ0n) is 19.5. The van der Waals surface area contributed by atoms with Gasteiger partial charge in [-0.1, -0.05) is 17.3 Å². The summed E-state index contributed by atoms with van der Waals surface area (Å²) in [5, 5.41) is 8.45. The molecule has 1 aromatic carbocycles. The van der Waals surface area contributed by atoms with Crippen LogP contribution in [0.25, 0.3) is 11.3 Å². The molecule has 1 atom stereocenters. The van der Waals surface area contributed by atoms with Crippen molar-refractivity contribution in [1.82, 2.24) is 24.8 Å². The number of amides is 1. The molecule has 1 amide bonds. The van der Waals surface area contributed by atoms with Gasteiger partial charge in [-0.05, 0) is 43.9 Å². The zero-order valence-corrected chi connectivity index (χ0v) is 19.5. The minimum atomic E-state index is -0.242. The second-order valence-corrected chi connectivity index (χ2v) is 8.58. The van der Waals surface area contributed by atoms with Crippen molar-refractivity contribution in [2.45, 2.75) is 38.6 Å². The molecule has 0 N–H and O–H groups in total. The van der Waals surface area contributed by atoms with E-state index in [0.717, 1.165) is 47.6 Å². The smallest absolute Gasteiger partial charge is 0.293 e. The van der Waals surface area contributed by atoms with Crippen LogP contribution in [-0.2, 0) is 13.5 Å². The van der Waals surface area contributed by atoms with E-state index in [1.54, 1.807) is 29.0 Å².